The highest BCUT2D eigenvalue weighted by Crippen LogP contribution is 1.94. The van der Waals surface area contributed by atoms with Crippen molar-refractivity contribution in [2.45, 2.75) is 6.43 Å². The van der Waals surface area contributed by atoms with Gasteiger partial charge in [-0.2, -0.15) is 0 Å². The maximum atomic E-state index is 11.7. The van der Waals surface area contributed by atoms with Gasteiger partial charge in [-0.05, 0) is 0 Å². The average molecular weight is 238 g/mol. The molecule has 0 aromatic carbocycles. The van der Waals surface area contributed by atoms with E-state index in [1.807, 2.05) is 0 Å². The van der Waals surface area contributed by atoms with Gasteiger partial charge < -0.3 is 14.8 Å². The zero-order valence-corrected chi connectivity index (χ0v) is 9.46. The average Bonchev–Trinajstić information content (AvgIpc) is 2.29. The summed E-state index contributed by atoms with van der Waals surface area (Å²) in [6.45, 7) is 5.88. The van der Waals surface area contributed by atoms with Crippen molar-refractivity contribution in [2.75, 3.05) is 59.2 Å². The van der Waals surface area contributed by atoms with Crippen molar-refractivity contribution in [3.8, 4) is 0 Å². The van der Waals surface area contributed by atoms with E-state index in [4.69, 9.17) is 9.47 Å². The molecule has 16 heavy (non-hydrogen) atoms. The van der Waals surface area contributed by atoms with E-state index in [0.29, 0.717) is 13.2 Å². The second kappa shape index (κ2) is 8.81. The lowest BCUT2D eigenvalue weighted by Gasteiger charge is -2.26. The molecule has 1 saturated heterocycles. The first kappa shape index (κ1) is 13.8. The van der Waals surface area contributed by atoms with E-state index in [2.05, 4.69) is 10.2 Å². The lowest BCUT2D eigenvalue weighted by Crippen LogP contribution is -2.40. The van der Waals surface area contributed by atoms with Gasteiger partial charge in [-0.25, -0.2) is 8.78 Å². The minimum absolute atomic E-state index is 0.341. The maximum absolute atomic E-state index is 11.7. The smallest absolute Gasteiger partial charge is 0.261 e. The second-order valence-electron chi connectivity index (χ2n) is 3.67. The Kier molecular flexibility index (Phi) is 7.58. The molecule has 0 atom stereocenters. The van der Waals surface area contributed by atoms with E-state index in [1.165, 1.54) is 0 Å². The molecule has 0 radical (unpaired) electrons. The van der Waals surface area contributed by atoms with Gasteiger partial charge in [0, 0.05) is 32.7 Å². The predicted octanol–water partition coefficient (Wildman–Crippen LogP) is 0.190. The zero-order chi connectivity index (χ0) is 11.6. The van der Waals surface area contributed by atoms with Gasteiger partial charge in [0.15, 0.2) is 0 Å². The van der Waals surface area contributed by atoms with Crippen molar-refractivity contribution in [2.24, 2.45) is 0 Å². The summed E-state index contributed by atoms with van der Waals surface area (Å²) in [6, 6.07) is 0. The highest BCUT2D eigenvalue weighted by molar-refractivity contribution is 4.62. The molecule has 1 N–H and O–H groups in total. The van der Waals surface area contributed by atoms with Gasteiger partial charge in [0.2, 0.25) is 0 Å². The van der Waals surface area contributed by atoms with Crippen LogP contribution in [-0.2, 0) is 9.47 Å². The number of alkyl halides is 2. The second-order valence-corrected chi connectivity index (χ2v) is 3.67. The van der Waals surface area contributed by atoms with E-state index in [0.717, 1.165) is 39.4 Å². The molecular formula is C10H20F2N2O2. The van der Waals surface area contributed by atoms with Gasteiger partial charge in [0.05, 0.1) is 19.8 Å². The Labute approximate surface area is 94.9 Å². The van der Waals surface area contributed by atoms with Crippen molar-refractivity contribution >= 4 is 0 Å². The van der Waals surface area contributed by atoms with E-state index in [9.17, 15) is 8.78 Å². The van der Waals surface area contributed by atoms with Crippen LogP contribution in [0.25, 0.3) is 0 Å². The summed E-state index contributed by atoms with van der Waals surface area (Å²) in [4.78, 5) is 2.32. The van der Waals surface area contributed by atoms with Crippen LogP contribution in [0.1, 0.15) is 0 Å². The Morgan fingerprint density at radius 2 is 2.00 bits per heavy atom. The molecule has 0 aliphatic carbocycles. The SMILES string of the molecule is FC(F)COCCNCCN1CCOCC1. The number of nitrogens with one attached hydrogen (secondary N) is 1. The summed E-state index contributed by atoms with van der Waals surface area (Å²) < 4.78 is 33.3. The van der Waals surface area contributed by atoms with Gasteiger partial charge in [-0.3, -0.25) is 4.90 Å². The van der Waals surface area contributed by atoms with Crippen LogP contribution in [0, 0.1) is 0 Å². The van der Waals surface area contributed by atoms with Gasteiger partial charge in [-0.1, -0.05) is 0 Å². The van der Waals surface area contributed by atoms with Crippen LogP contribution in [0.15, 0.2) is 0 Å². The summed E-state index contributed by atoms with van der Waals surface area (Å²) in [6.07, 6.45) is -2.37. The van der Waals surface area contributed by atoms with E-state index in [1.54, 1.807) is 0 Å². The largest absolute Gasteiger partial charge is 0.379 e. The minimum Gasteiger partial charge on any atom is -0.379 e. The molecule has 0 spiro atoms. The van der Waals surface area contributed by atoms with Crippen molar-refractivity contribution in [3.63, 3.8) is 0 Å². The van der Waals surface area contributed by atoms with Crippen LogP contribution < -0.4 is 5.32 Å². The lowest BCUT2D eigenvalue weighted by atomic mass is 10.4. The molecule has 1 aliphatic heterocycles. The van der Waals surface area contributed by atoms with Crippen LogP contribution in [0.4, 0.5) is 8.78 Å². The summed E-state index contributed by atoms with van der Waals surface area (Å²) in [7, 11) is 0. The summed E-state index contributed by atoms with van der Waals surface area (Å²) in [5.74, 6) is 0. The van der Waals surface area contributed by atoms with Crippen LogP contribution >= 0.6 is 0 Å². The number of rotatable bonds is 8. The minimum atomic E-state index is -2.37. The zero-order valence-electron chi connectivity index (χ0n) is 9.46. The Bertz CT molecular complexity index is 167. The molecule has 1 aliphatic rings. The molecule has 1 heterocycles. The summed E-state index contributed by atoms with van der Waals surface area (Å²) in [5.41, 5.74) is 0. The van der Waals surface area contributed by atoms with E-state index < -0.39 is 13.0 Å². The Hall–Kier alpha value is -0.300. The topological polar surface area (TPSA) is 33.7 Å². The monoisotopic (exact) mass is 238 g/mol. The molecule has 0 amide bonds. The molecule has 0 saturated carbocycles. The standard InChI is InChI=1S/C10H20F2N2O2/c11-10(12)9-16-6-2-13-1-3-14-4-7-15-8-5-14/h10,13H,1-9H2. The Morgan fingerprint density at radius 1 is 1.25 bits per heavy atom. The van der Waals surface area contributed by atoms with Crippen molar-refractivity contribution in [1.29, 1.82) is 0 Å². The molecular weight excluding hydrogens is 218 g/mol. The molecule has 1 fully saturated rings. The molecule has 6 heteroatoms. The highest BCUT2D eigenvalue weighted by atomic mass is 19.3. The van der Waals surface area contributed by atoms with Crippen LogP contribution in [-0.4, -0.2) is 70.5 Å². The maximum Gasteiger partial charge on any atom is 0.261 e. The van der Waals surface area contributed by atoms with Crippen molar-refractivity contribution < 1.29 is 18.3 Å². The molecule has 0 aromatic heterocycles. The molecule has 96 valence electrons. The Morgan fingerprint density at radius 3 is 2.69 bits per heavy atom. The van der Waals surface area contributed by atoms with Crippen LogP contribution in [0.5, 0.6) is 0 Å². The number of halogens is 2. The highest BCUT2D eigenvalue weighted by Gasteiger charge is 2.08. The normalized spacial score (nSPS) is 18.2. The molecule has 0 unspecified atom stereocenters. The first-order valence-electron chi connectivity index (χ1n) is 5.66. The van der Waals surface area contributed by atoms with Crippen LogP contribution in [0.3, 0.4) is 0 Å². The van der Waals surface area contributed by atoms with Gasteiger partial charge in [0.25, 0.3) is 6.43 Å². The van der Waals surface area contributed by atoms with E-state index in [-0.39, 0.29) is 0 Å². The fraction of sp³-hybridized carbons (Fsp3) is 1.00. The van der Waals surface area contributed by atoms with Crippen LogP contribution in [0.2, 0.25) is 0 Å². The predicted molar refractivity (Wildman–Crippen MR) is 57.0 cm³/mol. The first-order chi connectivity index (χ1) is 7.79. The van der Waals surface area contributed by atoms with E-state index >= 15 is 0 Å². The fourth-order valence-electron chi connectivity index (χ4n) is 1.50. The Balaban J connectivity index is 1.80. The summed E-state index contributed by atoms with van der Waals surface area (Å²) >= 11 is 0. The van der Waals surface area contributed by atoms with Crippen molar-refractivity contribution in [1.82, 2.24) is 10.2 Å². The third-order valence-electron chi connectivity index (χ3n) is 2.38. The third-order valence-corrected chi connectivity index (χ3v) is 2.38. The molecule has 0 aromatic rings. The number of nitrogens with zero attached hydrogens (tertiary/aromatic N) is 1. The molecule has 4 nitrogen and oxygen atoms in total. The first-order valence-corrected chi connectivity index (χ1v) is 5.66. The van der Waals surface area contributed by atoms with Gasteiger partial charge >= 0.3 is 0 Å². The third kappa shape index (κ3) is 7.05. The number of hydrogen-bond donors (Lipinski definition) is 1. The lowest BCUT2D eigenvalue weighted by molar-refractivity contribution is 0.0180. The van der Waals surface area contributed by atoms with Crippen molar-refractivity contribution in [3.05, 3.63) is 0 Å². The summed E-state index contributed by atoms with van der Waals surface area (Å²) in [5, 5.41) is 3.15. The number of ether oxygens (including phenoxy) is 2. The quantitative estimate of drug-likeness (QED) is 0.612. The van der Waals surface area contributed by atoms with Gasteiger partial charge in [0.1, 0.15) is 6.61 Å². The molecule has 0 bridgehead atoms. The fourth-order valence-corrected chi connectivity index (χ4v) is 1.50. The van der Waals surface area contributed by atoms with Gasteiger partial charge in [-0.15, -0.1) is 0 Å². The number of hydrogen-bond acceptors (Lipinski definition) is 4. The number of morpholine rings is 1. The molecule has 1 rings (SSSR count).